The standard InChI is InChI=1S/C12H18N4O3/c1-13-11-6-8(16(18)19)7-12(15-11)14-9-4-2-3-5-10(9)17/h6-7,9-10,17H,2-5H2,1H3,(H2,13,14,15). The first kappa shape index (κ1) is 13.5. The lowest BCUT2D eigenvalue weighted by atomic mass is 9.92. The van der Waals surface area contributed by atoms with Crippen molar-refractivity contribution in [2.24, 2.45) is 0 Å². The molecule has 0 saturated heterocycles. The Morgan fingerprint density at radius 3 is 2.68 bits per heavy atom. The Balaban J connectivity index is 2.18. The number of rotatable bonds is 4. The fourth-order valence-corrected chi connectivity index (χ4v) is 2.29. The Kier molecular flexibility index (Phi) is 4.16. The Bertz CT molecular complexity index is 466. The fourth-order valence-electron chi connectivity index (χ4n) is 2.29. The van der Waals surface area contributed by atoms with E-state index in [1.165, 1.54) is 12.1 Å². The third kappa shape index (κ3) is 3.31. The topological polar surface area (TPSA) is 100 Å². The van der Waals surface area contributed by atoms with E-state index in [-0.39, 0.29) is 11.7 Å². The van der Waals surface area contributed by atoms with Crippen molar-refractivity contribution in [3.8, 4) is 0 Å². The van der Waals surface area contributed by atoms with Crippen LogP contribution in [0.3, 0.4) is 0 Å². The van der Waals surface area contributed by atoms with Crippen molar-refractivity contribution >= 4 is 17.3 Å². The lowest BCUT2D eigenvalue weighted by Gasteiger charge is -2.28. The van der Waals surface area contributed by atoms with Crippen molar-refractivity contribution in [2.45, 2.75) is 37.8 Å². The van der Waals surface area contributed by atoms with Crippen LogP contribution < -0.4 is 10.6 Å². The lowest BCUT2D eigenvalue weighted by molar-refractivity contribution is -0.384. The van der Waals surface area contributed by atoms with Crippen LogP contribution in [0, 0.1) is 10.1 Å². The zero-order valence-corrected chi connectivity index (χ0v) is 10.8. The van der Waals surface area contributed by atoms with Crippen LogP contribution in [0.4, 0.5) is 17.3 Å². The van der Waals surface area contributed by atoms with Gasteiger partial charge in [-0.1, -0.05) is 12.8 Å². The molecule has 2 rings (SSSR count). The first-order valence-electron chi connectivity index (χ1n) is 6.39. The molecular weight excluding hydrogens is 248 g/mol. The van der Waals surface area contributed by atoms with Gasteiger partial charge in [-0.2, -0.15) is 0 Å². The SMILES string of the molecule is CNc1cc([N+](=O)[O-])cc(NC2CCCCC2O)n1. The number of aliphatic hydroxyl groups excluding tert-OH is 1. The van der Waals surface area contributed by atoms with Crippen LogP contribution in [-0.2, 0) is 0 Å². The second kappa shape index (κ2) is 5.83. The number of nitro groups is 1. The lowest BCUT2D eigenvalue weighted by Crippen LogP contribution is -2.36. The highest BCUT2D eigenvalue weighted by Crippen LogP contribution is 2.25. The smallest absolute Gasteiger partial charge is 0.276 e. The third-order valence-electron chi connectivity index (χ3n) is 3.34. The molecule has 2 unspecified atom stereocenters. The number of nitrogens with one attached hydrogen (secondary N) is 2. The van der Waals surface area contributed by atoms with E-state index in [0.29, 0.717) is 11.6 Å². The predicted octanol–water partition coefficient (Wildman–Crippen LogP) is 1.75. The Morgan fingerprint density at radius 1 is 1.37 bits per heavy atom. The summed E-state index contributed by atoms with van der Waals surface area (Å²) in [5, 5.41) is 26.6. The van der Waals surface area contributed by atoms with Crippen LogP contribution in [0.1, 0.15) is 25.7 Å². The van der Waals surface area contributed by atoms with E-state index in [2.05, 4.69) is 15.6 Å². The molecule has 19 heavy (non-hydrogen) atoms. The van der Waals surface area contributed by atoms with E-state index in [4.69, 9.17) is 0 Å². The van der Waals surface area contributed by atoms with Gasteiger partial charge < -0.3 is 15.7 Å². The quantitative estimate of drug-likeness (QED) is 0.567. The van der Waals surface area contributed by atoms with Crippen LogP contribution in [0.2, 0.25) is 0 Å². The summed E-state index contributed by atoms with van der Waals surface area (Å²) in [6.07, 6.45) is 3.24. The molecule has 1 saturated carbocycles. The molecule has 104 valence electrons. The van der Waals surface area contributed by atoms with E-state index in [9.17, 15) is 15.2 Å². The Labute approximate surface area is 111 Å². The normalized spacial score (nSPS) is 22.8. The van der Waals surface area contributed by atoms with E-state index in [1.54, 1.807) is 7.05 Å². The number of pyridine rings is 1. The third-order valence-corrected chi connectivity index (χ3v) is 3.34. The summed E-state index contributed by atoms with van der Waals surface area (Å²) >= 11 is 0. The molecule has 0 aromatic carbocycles. The molecule has 0 radical (unpaired) electrons. The van der Waals surface area contributed by atoms with Crippen molar-refractivity contribution in [1.29, 1.82) is 0 Å². The summed E-state index contributed by atoms with van der Waals surface area (Å²) in [5.41, 5.74) is -0.0212. The number of aliphatic hydroxyl groups is 1. The Morgan fingerprint density at radius 2 is 2.05 bits per heavy atom. The molecule has 0 amide bonds. The first-order chi connectivity index (χ1) is 9.10. The van der Waals surface area contributed by atoms with Gasteiger partial charge in [0.2, 0.25) is 0 Å². The molecule has 1 aliphatic carbocycles. The van der Waals surface area contributed by atoms with E-state index < -0.39 is 11.0 Å². The van der Waals surface area contributed by atoms with Crippen LogP contribution in [0.15, 0.2) is 12.1 Å². The Hall–Kier alpha value is -1.89. The van der Waals surface area contributed by atoms with Crippen molar-refractivity contribution in [3.63, 3.8) is 0 Å². The molecule has 7 nitrogen and oxygen atoms in total. The summed E-state index contributed by atoms with van der Waals surface area (Å²) in [6, 6.07) is 2.68. The highest BCUT2D eigenvalue weighted by atomic mass is 16.6. The molecule has 7 heteroatoms. The van der Waals surface area contributed by atoms with Gasteiger partial charge in [0.05, 0.1) is 29.2 Å². The van der Waals surface area contributed by atoms with Gasteiger partial charge in [0.15, 0.2) is 0 Å². The van der Waals surface area contributed by atoms with E-state index in [0.717, 1.165) is 25.7 Å². The van der Waals surface area contributed by atoms with Gasteiger partial charge in [-0.25, -0.2) is 4.98 Å². The van der Waals surface area contributed by atoms with Crippen molar-refractivity contribution in [2.75, 3.05) is 17.7 Å². The van der Waals surface area contributed by atoms with Crippen LogP contribution in [0.25, 0.3) is 0 Å². The first-order valence-corrected chi connectivity index (χ1v) is 6.39. The fraction of sp³-hybridized carbons (Fsp3) is 0.583. The van der Waals surface area contributed by atoms with Gasteiger partial charge in [0.1, 0.15) is 11.6 Å². The molecule has 0 spiro atoms. The zero-order chi connectivity index (χ0) is 13.8. The van der Waals surface area contributed by atoms with Crippen LogP contribution in [0.5, 0.6) is 0 Å². The second-order valence-electron chi connectivity index (χ2n) is 4.71. The van der Waals surface area contributed by atoms with Gasteiger partial charge in [-0.15, -0.1) is 0 Å². The average molecular weight is 266 g/mol. The van der Waals surface area contributed by atoms with E-state index >= 15 is 0 Å². The molecule has 1 heterocycles. The van der Waals surface area contributed by atoms with Crippen molar-refractivity contribution < 1.29 is 10.0 Å². The maximum atomic E-state index is 10.9. The largest absolute Gasteiger partial charge is 0.391 e. The molecule has 1 aromatic heterocycles. The van der Waals surface area contributed by atoms with Crippen LogP contribution in [-0.4, -0.2) is 34.2 Å². The summed E-state index contributed by atoms with van der Waals surface area (Å²) in [5.74, 6) is 0.853. The molecular formula is C12H18N4O3. The summed E-state index contributed by atoms with van der Waals surface area (Å²) in [4.78, 5) is 14.6. The van der Waals surface area contributed by atoms with E-state index in [1.807, 2.05) is 0 Å². The van der Waals surface area contributed by atoms with Gasteiger partial charge in [0, 0.05) is 7.05 Å². The van der Waals surface area contributed by atoms with Crippen molar-refractivity contribution in [3.05, 3.63) is 22.2 Å². The molecule has 1 fully saturated rings. The van der Waals surface area contributed by atoms with Gasteiger partial charge in [-0.05, 0) is 12.8 Å². The molecule has 3 N–H and O–H groups in total. The number of hydrogen-bond donors (Lipinski definition) is 3. The highest BCUT2D eigenvalue weighted by Gasteiger charge is 2.23. The molecule has 2 atom stereocenters. The zero-order valence-electron chi connectivity index (χ0n) is 10.8. The predicted molar refractivity (Wildman–Crippen MR) is 72.3 cm³/mol. The molecule has 1 aromatic rings. The maximum Gasteiger partial charge on any atom is 0.276 e. The second-order valence-corrected chi connectivity index (χ2v) is 4.71. The minimum absolute atomic E-state index is 0.0212. The van der Waals surface area contributed by atoms with Crippen LogP contribution >= 0.6 is 0 Å². The van der Waals surface area contributed by atoms with Gasteiger partial charge in [0.25, 0.3) is 5.69 Å². The van der Waals surface area contributed by atoms with Crippen molar-refractivity contribution in [1.82, 2.24) is 4.98 Å². The monoisotopic (exact) mass is 266 g/mol. The minimum Gasteiger partial charge on any atom is -0.391 e. The summed E-state index contributed by atoms with van der Waals surface area (Å²) in [6.45, 7) is 0. The summed E-state index contributed by atoms with van der Waals surface area (Å²) < 4.78 is 0. The van der Waals surface area contributed by atoms with Gasteiger partial charge >= 0.3 is 0 Å². The number of nitrogens with zero attached hydrogens (tertiary/aromatic N) is 2. The summed E-state index contributed by atoms with van der Waals surface area (Å²) in [7, 11) is 1.66. The average Bonchev–Trinajstić information content (AvgIpc) is 2.41. The molecule has 0 aliphatic heterocycles. The number of hydrogen-bond acceptors (Lipinski definition) is 6. The molecule has 0 bridgehead atoms. The highest BCUT2D eigenvalue weighted by molar-refractivity contribution is 5.54. The maximum absolute atomic E-state index is 10.9. The molecule has 1 aliphatic rings. The van der Waals surface area contributed by atoms with Gasteiger partial charge in [-0.3, -0.25) is 10.1 Å². The minimum atomic E-state index is -0.453. The number of aromatic nitrogens is 1. The number of anilines is 2.